The van der Waals surface area contributed by atoms with Gasteiger partial charge in [0, 0.05) is 16.3 Å². The summed E-state index contributed by atoms with van der Waals surface area (Å²) in [7, 11) is 0. The number of hydrogen-bond donors (Lipinski definition) is 2. The van der Waals surface area contributed by atoms with Crippen LogP contribution in [0.4, 0.5) is 5.69 Å². The first-order valence-electron chi connectivity index (χ1n) is 6.07. The van der Waals surface area contributed by atoms with Gasteiger partial charge in [0.05, 0.1) is 11.0 Å². The number of H-pyrrole nitrogens is 1. The summed E-state index contributed by atoms with van der Waals surface area (Å²) in [5.74, 6) is 0.779. The van der Waals surface area contributed by atoms with Crippen LogP contribution in [0.15, 0.2) is 30.3 Å². The van der Waals surface area contributed by atoms with Gasteiger partial charge in [0.25, 0.3) is 0 Å². The number of nitrogens with one attached hydrogen (secondary N) is 1. The Labute approximate surface area is 116 Å². The van der Waals surface area contributed by atoms with E-state index in [0.29, 0.717) is 5.02 Å². The van der Waals surface area contributed by atoms with Crippen molar-refractivity contribution in [3.05, 3.63) is 46.5 Å². The first kappa shape index (κ1) is 12.1. The average molecular weight is 272 g/mol. The molecule has 0 aliphatic rings. The second kappa shape index (κ2) is 4.28. The van der Waals surface area contributed by atoms with Crippen molar-refractivity contribution in [1.29, 1.82) is 0 Å². The predicted octanol–water partition coefficient (Wildman–Crippen LogP) is 4.08. The van der Waals surface area contributed by atoms with Crippen LogP contribution in [-0.4, -0.2) is 9.97 Å². The van der Waals surface area contributed by atoms with Crippen molar-refractivity contribution < 1.29 is 0 Å². The molecule has 3 nitrogen and oxygen atoms in total. The molecule has 0 bridgehead atoms. The van der Waals surface area contributed by atoms with Crippen LogP contribution >= 0.6 is 11.6 Å². The number of aryl methyl sites for hydroxylation is 2. The Kier molecular flexibility index (Phi) is 2.72. The Balaban J connectivity index is 2.24. The maximum atomic E-state index is 6.15. The fourth-order valence-corrected chi connectivity index (χ4v) is 2.46. The van der Waals surface area contributed by atoms with Crippen LogP contribution in [0, 0.1) is 13.8 Å². The third kappa shape index (κ3) is 2.06. The summed E-state index contributed by atoms with van der Waals surface area (Å²) in [5, 5.41) is 0.691. The van der Waals surface area contributed by atoms with Crippen molar-refractivity contribution in [2.24, 2.45) is 0 Å². The molecule has 3 rings (SSSR count). The summed E-state index contributed by atoms with van der Waals surface area (Å²) < 4.78 is 0. The fourth-order valence-electron chi connectivity index (χ4n) is 2.28. The second-order valence-corrected chi connectivity index (χ2v) is 5.23. The van der Waals surface area contributed by atoms with Crippen molar-refractivity contribution in [3.63, 3.8) is 0 Å². The Bertz CT molecular complexity index is 774. The number of nitrogens with two attached hydrogens (primary N) is 1. The molecule has 3 N–H and O–H groups in total. The summed E-state index contributed by atoms with van der Waals surface area (Å²) in [6, 6.07) is 9.71. The fraction of sp³-hybridized carbons (Fsp3) is 0.133. The molecule has 0 unspecified atom stereocenters. The zero-order valence-corrected chi connectivity index (χ0v) is 11.5. The van der Waals surface area contributed by atoms with Crippen LogP contribution in [0.2, 0.25) is 5.02 Å². The summed E-state index contributed by atoms with van der Waals surface area (Å²) in [4.78, 5) is 7.85. The van der Waals surface area contributed by atoms with Crippen molar-refractivity contribution >= 4 is 28.3 Å². The number of rotatable bonds is 1. The molecule has 19 heavy (non-hydrogen) atoms. The summed E-state index contributed by atoms with van der Waals surface area (Å²) in [5.41, 5.74) is 11.9. The standard InChI is InChI=1S/C15H14ClN3/c1-8-5-9(2)14(17)11(6-8)15-18-12-4-3-10(16)7-13(12)19-15/h3-7H,17H2,1-2H3,(H,18,19). The zero-order chi connectivity index (χ0) is 13.6. The number of aromatic nitrogens is 2. The molecule has 0 fully saturated rings. The number of nitrogens with zero attached hydrogens (tertiary/aromatic N) is 1. The smallest absolute Gasteiger partial charge is 0.140 e. The molecule has 0 saturated heterocycles. The maximum Gasteiger partial charge on any atom is 0.140 e. The Morgan fingerprint density at radius 1 is 1.16 bits per heavy atom. The first-order valence-corrected chi connectivity index (χ1v) is 6.45. The number of hydrogen-bond acceptors (Lipinski definition) is 2. The van der Waals surface area contributed by atoms with Gasteiger partial charge < -0.3 is 10.7 Å². The van der Waals surface area contributed by atoms with Crippen LogP contribution in [0.5, 0.6) is 0 Å². The van der Waals surface area contributed by atoms with Crippen LogP contribution in [0.1, 0.15) is 11.1 Å². The third-order valence-corrected chi connectivity index (χ3v) is 3.47. The van der Waals surface area contributed by atoms with Crippen LogP contribution in [0.25, 0.3) is 22.4 Å². The summed E-state index contributed by atoms with van der Waals surface area (Å²) in [6.45, 7) is 4.06. The normalized spacial score (nSPS) is 11.1. The molecule has 0 aliphatic heterocycles. The van der Waals surface area contributed by atoms with Crippen molar-refractivity contribution in [1.82, 2.24) is 9.97 Å². The van der Waals surface area contributed by atoms with Gasteiger partial charge in [0.15, 0.2) is 0 Å². The minimum absolute atomic E-state index is 0.691. The highest BCUT2D eigenvalue weighted by Crippen LogP contribution is 2.30. The van der Waals surface area contributed by atoms with E-state index in [1.165, 1.54) is 5.56 Å². The third-order valence-electron chi connectivity index (χ3n) is 3.23. The van der Waals surface area contributed by atoms with E-state index < -0.39 is 0 Å². The number of anilines is 1. The molecule has 96 valence electrons. The zero-order valence-electron chi connectivity index (χ0n) is 10.8. The van der Waals surface area contributed by atoms with Gasteiger partial charge in [-0.1, -0.05) is 17.7 Å². The molecule has 0 radical (unpaired) electrons. The van der Waals surface area contributed by atoms with Gasteiger partial charge in [-0.05, 0) is 49.2 Å². The Morgan fingerprint density at radius 3 is 2.74 bits per heavy atom. The number of aromatic amines is 1. The van der Waals surface area contributed by atoms with E-state index in [4.69, 9.17) is 17.3 Å². The van der Waals surface area contributed by atoms with Crippen LogP contribution < -0.4 is 5.73 Å². The molecule has 0 atom stereocenters. The van der Waals surface area contributed by atoms with Gasteiger partial charge in [0.2, 0.25) is 0 Å². The SMILES string of the molecule is Cc1cc(C)c(N)c(-c2nc3ccc(Cl)cc3[nH]2)c1. The number of imidazole rings is 1. The minimum atomic E-state index is 0.691. The minimum Gasteiger partial charge on any atom is -0.398 e. The monoisotopic (exact) mass is 271 g/mol. The number of benzene rings is 2. The summed E-state index contributed by atoms with van der Waals surface area (Å²) in [6.07, 6.45) is 0. The van der Waals surface area contributed by atoms with Gasteiger partial charge in [0.1, 0.15) is 5.82 Å². The van der Waals surface area contributed by atoms with E-state index in [9.17, 15) is 0 Å². The quantitative estimate of drug-likeness (QED) is 0.655. The van der Waals surface area contributed by atoms with Crippen LogP contribution in [-0.2, 0) is 0 Å². The van der Waals surface area contributed by atoms with E-state index in [0.717, 1.165) is 33.7 Å². The van der Waals surface area contributed by atoms with Crippen molar-refractivity contribution in [2.75, 3.05) is 5.73 Å². The number of fused-ring (bicyclic) bond motifs is 1. The number of halogens is 1. The molecule has 4 heteroatoms. The molecule has 2 aromatic carbocycles. The molecule has 0 amide bonds. The van der Waals surface area contributed by atoms with Gasteiger partial charge in [-0.25, -0.2) is 4.98 Å². The van der Waals surface area contributed by atoms with Crippen LogP contribution in [0.3, 0.4) is 0 Å². The molecule has 1 heterocycles. The van der Waals surface area contributed by atoms with Gasteiger partial charge in [-0.15, -0.1) is 0 Å². The van der Waals surface area contributed by atoms with E-state index in [2.05, 4.69) is 23.0 Å². The lowest BCUT2D eigenvalue weighted by molar-refractivity contribution is 1.31. The average Bonchev–Trinajstić information content (AvgIpc) is 2.76. The van der Waals surface area contributed by atoms with E-state index >= 15 is 0 Å². The van der Waals surface area contributed by atoms with Gasteiger partial charge in [-0.2, -0.15) is 0 Å². The maximum absolute atomic E-state index is 6.15. The van der Waals surface area contributed by atoms with E-state index in [-0.39, 0.29) is 0 Å². The van der Waals surface area contributed by atoms with E-state index in [1.807, 2.05) is 31.2 Å². The van der Waals surface area contributed by atoms with Crippen molar-refractivity contribution in [2.45, 2.75) is 13.8 Å². The largest absolute Gasteiger partial charge is 0.398 e. The molecule has 0 spiro atoms. The highest BCUT2D eigenvalue weighted by Gasteiger charge is 2.11. The molecule has 1 aromatic heterocycles. The lowest BCUT2D eigenvalue weighted by Crippen LogP contribution is -1.95. The number of nitrogen functional groups attached to an aromatic ring is 1. The highest BCUT2D eigenvalue weighted by molar-refractivity contribution is 6.31. The van der Waals surface area contributed by atoms with Gasteiger partial charge in [-0.3, -0.25) is 0 Å². The lowest BCUT2D eigenvalue weighted by atomic mass is 10.0. The molecule has 3 aromatic rings. The van der Waals surface area contributed by atoms with E-state index in [1.54, 1.807) is 0 Å². The Hall–Kier alpha value is -2.00. The topological polar surface area (TPSA) is 54.7 Å². The molecule has 0 aliphatic carbocycles. The highest BCUT2D eigenvalue weighted by atomic mass is 35.5. The van der Waals surface area contributed by atoms with Crippen molar-refractivity contribution in [3.8, 4) is 11.4 Å². The first-order chi connectivity index (χ1) is 9.04. The molecular weight excluding hydrogens is 258 g/mol. The molecular formula is C15H14ClN3. The molecule has 0 saturated carbocycles. The predicted molar refractivity (Wildman–Crippen MR) is 80.4 cm³/mol. The van der Waals surface area contributed by atoms with Gasteiger partial charge >= 0.3 is 0 Å². The summed E-state index contributed by atoms with van der Waals surface area (Å²) >= 11 is 5.98. The lowest BCUT2D eigenvalue weighted by Gasteiger charge is -2.07. The second-order valence-electron chi connectivity index (χ2n) is 4.79. The Morgan fingerprint density at radius 2 is 1.95 bits per heavy atom.